The van der Waals surface area contributed by atoms with Gasteiger partial charge in [-0.3, -0.25) is 0 Å². The monoisotopic (exact) mass is 360 g/mol. The second-order valence-corrected chi connectivity index (χ2v) is 11.3. The first-order chi connectivity index (χ1) is 8.90. The molecule has 0 fully saturated rings. The van der Waals surface area contributed by atoms with E-state index in [4.69, 9.17) is 18.7 Å². The molecule has 19 heavy (non-hydrogen) atoms. The Labute approximate surface area is 123 Å². The maximum atomic E-state index is 10.5. The predicted molar refractivity (Wildman–Crippen MR) is 81.7 cm³/mol. The molecule has 0 saturated carbocycles. The van der Waals surface area contributed by atoms with Crippen molar-refractivity contribution in [2.45, 2.75) is 46.5 Å². The zero-order chi connectivity index (χ0) is 14.8. The Kier molecular flexibility index (Phi) is 9.37. The SMILES string of the molecule is CCOP(Br)(CCCCCC(=O)O)(OCC)OCC. The summed E-state index contributed by atoms with van der Waals surface area (Å²) in [6.45, 7) is 7.26. The normalized spacial score (nSPS) is 14.0. The van der Waals surface area contributed by atoms with Crippen molar-refractivity contribution in [1.82, 2.24) is 0 Å². The fraction of sp³-hybridized carbons (Fsp3) is 0.917. The average molecular weight is 361 g/mol. The standard InChI is InChI=1S/C12H26BrO5P/c1-4-16-19(13,17-5-2,18-6-3)11-9-7-8-10-12(14)15/h4-11H2,1-3H3,(H,14,15). The van der Waals surface area contributed by atoms with Gasteiger partial charge in [0.15, 0.2) is 0 Å². The van der Waals surface area contributed by atoms with Crippen LogP contribution >= 0.6 is 21.5 Å². The van der Waals surface area contributed by atoms with Crippen LogP contribution in [0.1, 0.15) is 46.5 Å². The number of hydrogen-bond donors (Lipinski definition) is 1. The minimum atomic E-state index is -3.19. The molecule has 0 unspecified atom stereocenters. The van der Waals surface area contributed by atoms with Gasteiger partial charge in [-0.05, 0) is 0 Å². The van der Waals surface area contributed by atoms with Crippen molar-refractivity contribution >= 4 is 27.4 Å². The van der Waals surface area contributed by atoms with E-state index in [0.29, 0.717) is 32.4 Å². The number of aliphatic carboxylic acids is 1. The molecular weight excluding hydrogens is 335 g/mol. The summed E-state index contributed by atoms with van der Waals surface area (Å²) in [6, 6.07) is 0. The predicted octanol–water partition coefficient (Wildman–Crippen LogP) is 4.35. The molecule has 0 heterocycles. The van der Waals surface area contributed by atoms with Crippen LogP contribution in [0.15, 0.2) is 0 Å². The van der Waals surface area contributed by atoms with Crippen LogP contribution in [-0.2, 0) is 18.4 Å². The van der Waals surface area contributed by atoms with E-state index in [2.05, 4.69) is 15.5 Å². The summed E-state index contributed by atoms with van der Waals surface area (Å²) in [5.74, 6) is -3.94. The molecule has 0 rings (SSSR count). The molecule has 7 heteroatoms. The quantitative estimate of drug-likeness (QED) is 0.414. The van der Waals surface area contributed by atoms with E-state index in [1.807, 2.05) is 20.8 Å². The molecule has 0 spiro atoms. The van der Waals surface area contributed by atoms with Crippen LogP contribution in [0.3, 0.4) is 0 Å². The molecule has 0 aliphatic heterocycles. The third kappa shape index (κ3) is 7.57. The molecule has 0 aliphatic rings. The van der Waals surface area contributed by atoms with Crippen LogP contribution in [0.25, 0.3) is 0 Å². The van der Waals surface area contributed by atoms with Gasteiger partial charge in [-0.25, -0.2) is 0 Å². The molecule has 0 aromatic heterocycles. The van der Waals surface area contributed by atoms with Crippen LogP contribution in [0, 0.1) is 0 Å². The number of carboxylic acids is 1. The third-order valence-corrected chi connectivity index (χ3v) is 8.72. The molecule has 0 aromatic rings. The van der Waals surface area contributed by atoms with Crippen molar-refractivity contribution in [2.75, 3.05) is 26.0 Å². The summed E-state index contributed by atoms with van der Waals surface area (Å²) in [6.07, 6.45) is 3.15. The van der Waals surface area contributed by atoms with Crippen molar-refractivity contribution in [3.05, 3.63) is 0 Å². The van der Waals surface area contributed by atoms with Crippen LogP contribution in [0.5, 0.6) is 0 Å². The van der Waals surface area contributed by atoms with E-state index >= 15 is 0 Å². The zero-order valence-electron chi connectivity index (χ0n) is 12.1. The van der Waals surface area contributed by atoms with Crippen molar-refractivity contribution in [3.8, 4) is 0 Å². The first-order valence-electron chi connectivity index (χ1n) is 6.80. The van der Waals surface area contributed by atoms with Gasteiger partial charge in [0.25, 0.3) is 0 Å². The van der Waals surface area contributed by atoms with E-state index in [1.54, 1.807) is 0 Å². The number of hydrogen-bond acceptors (Lipinski definition) is 4. The first-order valence-corrected chi connectivity index (χ1v) is 11.0. The van der Waals surface area contributed by atoms with E-state index < -0.39 is 12.0 Å². The molecule has 0 bridgehead atoms. The molecule has 0 aliphatic carbocycles. The van der Waals surface area contributed by atoms with Gasteiger partial charge in [0.1, 0.15) is 0 Å². The van der Waals surface area contributed by atoms with Crippen molar-refractivity contribution in [1.29, 1.82) is 0 Å². The van der Waals surface area contributed by atoms with Crippen molar-refractivity contribution in [2.24, 2.45) is 0 Å². The molecule has 1 N–H and O–H groups in total. The van der Waals surface area contributed by atoms with E-state index in [0.717, 1.165) is 12.8 Å². The van der Waals surface area contributed by atoms with Gasteiger partial charge in [-0.15, -0.1) is 0 Å². The third-order valence-electron chi connectivity index (χ3n) is 2.53. The fourth-order valence-corrected chi connectivity index (χ4v) is 7.27. The summed E-state index contributed by atoms with van der Waals surface area (Å²) in [4.78, 5) is 10.5. The van der Waals surface area contributed by atoms with Gasteiger partial charge >= 0.3 is 123 Å². The minimum absolute atomic E-state index is 0.205. The zero-order valence-corrected chi connectivity index (χ0v) is 14.5. The molecule has 116 valence electrons. The molecule has 0 aromatic carbocycles. The Hall–Kier alpha value is 0.260. The number of unbranched alkanes of at least 4 members (excludes halogenated alkanes) is 2. The van der Waals surface area contributed by atoms with Crippen LogP contribution in [-0.4, -0.2) is 37.1 Å². The second kappa shape index (κ2) is 9.24. The molecule has 0 radical (unpaired) electrons. The summed E-state index contributed by atoms with van der Waals surface area (Å²) >= 11 is 3.60. The molecular formula is C12H26BrO5P. The number of carboxylic acid groups (broad SMARTS) is 1. The topological polar surface area (TPSA) is 65.0 Å². The summed E-state index contributed by atoms with van der Waals surface area (Å²) in [7, 11) is 0. The van der Waals surface area contributed by atoms with E-state index in [-0.39, 0.29) is 6.42 Å². The van der Waals surface area contributed by atoms with Gasteiger partial charge in [0, 0.05) is 0 Å². The van der Waals surface area contributed by atoms with Gasteiger partial charge in [0.05, 0.1) is 0 Å². The Morgan fingerprint density at radius 2 is 1.47 bits per heavy atom. The molecule has 0 atom stereocenters. The molecule has 0 amide bonds. The Bertz CT molecular complexity index is 255. The molecule has 5 nitrogen and oxygen atoms in total. The Morgan fingerprint density at radius 3 is 1.84 bits per heavy atom. The van der Waals surface area contributed by atoms with Gasteiger partial charge in [0.2, 0.25) is 0 Å². The van der Waals surface area contributed by atoms with Gasteiger partial charge < -0.3 is 0 Å². The first kappa shape index (κ1) is 19.3. The Morgan fingerprint density at radius 1 is 1.00 bits per heavy atom. The maximum absolute atomic E-state index is 10.5. The Balaban J connectivity index is 4.43. The van der Waals surface area contributed by atoms with Crippen LogP contribution in [0.2, 0.25) is 0 Å². The van der Waals surface area contributed by atoms with Crippen LogP contribution < -0.4 is 0 Å². The average Bonchev–Trinajstić information content (AvgIpc) is 2.29. The van der Waals surface area contributed by atoms with Gasteiger partial charge in [-0.2, -0.15) is 0 Å². The number of halogens is 1. The fourth-order valence-electron chi connectivity index (χ4n) is 1.86. The van der Waals surface area contributed by atoms with Crippen molar-refractivity contribution in [3.63, 3.8) is 0 Å². The number of rotatable bonds is 12. The van der Waals surface area contributed by atoms with Crippen LogP contribution in [0.4, 0.5) is 0 Å². The van der Waals surface area contributed by atoms with Crippen molar-refractivity contribution < 1.29 is 23.5 Å². The summed E-state index contributed by atoms with van der Waals surface area (Å²) in [5, 5.41) is 8.60. The van der Waals surface area contributed by atoms with E-state index in [1.165, 1.54) is 0 Å². The second-order valence-electron chi connectivity index (χ2n) is 4.12. The number of carbonyl (C=O) groups is 1. The summed E-state index contributed by atoms with van der Waals surface area (Å²) in [5.41, 5.74) is 0. The summed E-state index contributed by atoms with van der Waals surface area (Å²) < 4.78 is 17.4. The van der Waals surface area contributed by atoms with Gasteiger partial charge in [-0.1, -0.05) is 0 Å². The van der Waals surface area contributed by atoms with E-state index in [9.17, 15) is 4.79 Å². The molecule has 0 saturated heterocycles.